The van der Waals surface area contributed by atoms with Crippen molar-refractivity contribution < 1.29 is 18.3 Å². The highest BCUT2D eigenvalue weighted by molar-refractivity contribution is 7.90. The molecular formula is C29H35ClN2O4S. The number of methoxy groups -OCH3 is 1. The Morgan fingerprint density at radius 1 is 1.03 bits per heavy atom. The molecule has 0 atom stereocenters. The van der Waals surface area contributed by atoms with Crippen LogP contribution in [0.1, 0.15) is 31.4 Å². The van der Waals surface area contributed by atoms with Crippen molar-refractivity contribution in [2.24, 2.45) is 0 Å². The maximum Gasteiger partial charge on any atom is 0.175 e. The smallest absolute Gasteiger partial charge is 0.175 e. The first-order chi connectivity index (χ1) is 17.1. The zero-order chi connectivity index (χ0) is 25.9. The number of benzene rings is 3. The molecule has 5 rings (SSSR count). The molecule has 0 aliphatic carbocycles. The topological polar surface area (TPSA) is 80.6 Å². The van der Waals surface area contributed by atoms with Gasteiger partial charge in [-0.1, -0.05) is 30.3 Å². The molecule has 1 aliphatic heterocycles. The monoisotopic (exact) mass is 542 g/mol. The number of aromatic hydroxyl groups is 1. The highest BCUT2D eigenvalue weighted by atomic mass is 35.5. The molecule has 198 valence electrons. The van der Waals surface area contributed by atoms with Crippen LogP contribution in [0.5, 0.6) is 11.5 Å². The lowest BCUT2D eigenvalue weighted by Gasteiger charge is -2.27. The van der Waals surface area contributed by atoms with Crippen molar-refractivity contribution >= 4 is 38.7 Å². The molecule has 1 aromatic heterocycles. The Labute approximate surface area is 225 Å². The number of nitrogens with zero attached hydrogens (tertiary/aromatic N) is 1. The highest BCUT2D eigenvalue weighted by Gasteiger charge is 2.21. The summed E-state index contributed by atoms with van der Waals surface area (Å²) in [6.07, 6.45) is 8.17. The summed E-state index contributed by atoms with van der Waals surface area (Å²) in [5.41, 5.74) is 3.71. The molecule has 1 aliphatic rings. The normalized spacial score (nSPS) is 12.6. The molecule has 0 radical (unpaired) electrons. The molecule has 0 bridgehead atoms. The number of hydrogen-bond donors (Lipinski definition) is 2. The Morgan fingerprint density at radius 3 is 2.46 bits per heavy atom. The van der Waals surface area contributed by atoms with E-state index in [1.54, 1.807) is 25.3 Å². The van der Waals surface area contributed by atoms with Crippen molar-refractivity contribution in [2.75, 3.05) is 25.2 Å². The van der Waals surface area contributed by atoms with Gasteiger partial charge in [-0.25, -0.2) is 8.42 Å². The van der Waals surface area contributed by atoms with E-state index >= 15 is 0 Å². The molecule has 0 saturated heterocycles. The number of fused-ring (bicyclic) bond motifs is 2. The Kier molecular flexibility index (Phi) is 8.82. The standard InChI is InChI=1S/C21H25NO4S.C8H9N.ClH/c1-21(2,10-9-15-5-8-19(23)20(11-15)26-3)22-13-16-6-7-18(27(4,24)25)12-17(16)14-22;1-2-4-8-7(3-1)5-6-9-8;/h5-8,11-14,23H,9-10H2,1-4H3;1-4,9H,5-6H2;1H. The number of para-hydroxylation sites is 1. The Balaban J connectivity index is 0.000000318. The zero-order valence-corrected chi connectivity index (χ0v) is 23.3. The van der Waals surface area contributed by atoms with E-state index in [0.29, 0.717) is 10.6 Å². The van der Waals surface area contributed by atoms with Crippen LogP contribution in [0.2, 0.25) is 0 Å². The molecular weight excluding hydrogens is 508 g/mol. The second kappa shape index (κ2) is 11.5. The second-order valence-corrected chi connectivity index (χ2v) is 11.9. The van der Waals surface area contributed by atoms with Gasteiger partial charge in [0.2, 0.25) is 0 Å². The number of sulfone groups is 1. The van der Waals surface area contributed by atoms with E-state index in [9.17, 15) is 13.5 Å². The average Bonchev–Trinajstić information content (AvgIpc) is 3.50. The SMILES string of the molecule is COc1cc(CCC(C)(C)n2cc3ccc(S(C)(=O)=O)cc3c2)ccc1O.Cl.c1ccc2c(c1)CCN2. The third-order valence-corrected chi connectivity index (χ3v) is 7.85. The van der Waals surface area contributed by atoms with Crippen LogP contribution in [0.15, 0.2) is 78.0 Å². The van der Waals surface area contributed by atoms with Gasteiger partial charge < -0.3 is 19.7 Å². The Bertz CT molecular complexity index is 1460. The van der Waals surface area contributed by atoms with E-state index in [4.69, 9.17) is 4.74 Å². The first-order valence-corrected chi connectivity index (χ1v) is 14.0. The molecule has 0 saturated carbocycles. The molecule has 2 N–H and O–H groups in total. The van der Waals surface area contributed by atoms with Gasteiger partial charge in [-0.2, -0.15) is 0 Å². The van der Waals surface area contributed by atoms with Gasteiger partial charge in [0.25, 0.3) is 0 Å². The minimum absolute atomic E-state index is 0. The van der Waals surface area contributed by atoms with Gasteiger partial charge in [-0.15, -0.1) is 12.4 Å². The van der Waals surface area contributed by atoms with Gasteiger partial charge in [-0.05, 0) is 80.0 Å². The number of aryl methyl sites for hydroxylation is 1. The molecule has 4 aromatic rings. The van der Waals surface area contributed by atoms with Crippen LogP contribution in [0.3, 0.4) is 0 Å². The zero-order valence-electron chi connectivity index (χ0n) is 21.7. The number of hydrogen-bond acceptors (Lipinski definition) is 5. The van der Waals surface area contributed by atoms with Crippen LogP contribution in [0.25, 0.3) is 10.8 Å². The maximum atomic E-state index is 11.8. The number of phenols is 1. The number of rotatable bonds is 6. The van der Waals surface area contributed by atoms with Crippen LogP contribution >= 0.6 is 12.4 Å². The van der Waals surface area contributed by atoms with E-state index in [2.05, 4.69) is 54.2 Å². The third-order valence-electron chi connectivity index (χ3n) is 6.74. The van der Waals surface area contributed by atoms with Gasteiger partial charge in [-0.3, -0.25) is 0 Å². The fourth-order valence-electron chi connectivity index (χ4n) is 4.40. The lowest BCUT2D eigenvalue weighted by Crippen LogP contribution is -2.25. The highest BCUT2D eigenvalue weighted by Crippen LogP contribution is 2.31. The van der Waals surface area contributed by atoms with Crippen molar-refractivity contribution in [1.29, 1.82) is 0 Å². The largest absolute Gasteiger partial charge is 0.504 e. The molecule has 6 nitrogen and oxygen atoms in total. The molecule has 2 heterocycles. The molecule has 37 heavy (non-hydrogen) atoms. The minimum atomic E-state index is -3.22. The summed E-state index contributed by atoms with van der Waals surface area (Å²) in [5.74, 6) is 0.615. The van der Waals surface area contributed by atoms with Crippen molar-refractivity contribution in [3.8, 4) is 11.5 Å². The lowest BCUT2D eigenvalue weighted by atomic mass is 9.95. The number of phenolic OH excluding ortho intramolecular Hbond substituents is 1. The van der Waals surface area contributed by atoms with Crippen molar-refractivity contribution in [3.05, 3.63) is 84.2 Å². The summed E-state index contributed by atoms with van der Waals surface area (Å²) < 4.78 is 30.9. The Morgan fingerprint density at radius 2 is 1.76 bits per heavy atom. The van der Waals surface area contributed by atoms with E-state index < -0.39 is 9.84 Å². The molecule has 0 unspecified atom stereocenters. The van der Waals surface area contributed by atoms with E-state index in [1.165, 1.54) is 23.9 Å². The summed E-state index contributed by atoms with van der Waals surface area (Å²) in [6.45, 7) is 5.42. The average molecular weight is 543 g/mol. The first-order valence-electron chi connectivity index (χ1n) is 12.1. The quantitative estimate of drug-likeness (QED) is 0.303. The second-order valence-electron chi connectivity index (χ2n) is 9.88. The number of anilines is 1. The van der Waals surface area contributed by atoms with Crippen LogP contribution < -0.4 is 10.1 Å². The molecule has 0 fully saturated rings. The van der Waals surface area contributed by atoms with Gasteiger partial charge in [0, 0.05) is 41.8 Å². The predicted molar refractivity (Wildman–Crippen MR) is 153 cm³/mol. The van der Waals surface area contributed by atoms with Crippen LogP contribution in [0.4, 0.5) is 5.69 Å². The lowest BCUT2D eigenvalue weighted by molar-refractivity contribution is 0.329. The first kappa shape index (κ1) is 28.4. The summed E-state index contributed by atoms with van der Waals surface area (Å²) >= 11 is 0. The predicted octanol–water partition coefficient (Wildman–Crippen LogP) is 6.20. The van der Waals surface area contributed by atoms with Crippen LogP contribution in [-0.4, -0.2) is 38.0 Å². The summed E-state index contributed by atoms with van der Waals surface area (Å²) in [7, 11) is -1.68. The van der Waals surface area contributed by atoms with Crippen LogP contribution in [0, 0.1) is 0 Å². The van der Waals surface area contributed by atoms with E-state index in [1.807, 2.05) is 24.4 Å². The minimum Gasteiger partial charge on any atom is -0.504 e. The molecule has 8 heteroatoms. The number of halogens is 1. The third kappa shape index (κ3) is 6.79. The number of nitrogens with one attached hydrogen (secondary N) is 1. The maximum absolute atomic E-state index is 11.8. The summed E-state index contributed by atoms with van der Waals surface area (Å²) in [4.78, 5) is 0.335. The van der Waals surface area contributed by atoms with E-state index in [0.717, 1.165) is 35.7 Å². The van der Waals surface area contributed by atoms with Gasteiger partial charge in [0.1, 0.15) is 0 Å². The fraction of sp³-hybridized carbons (Fsp3) is 0.310. The number of aromatic nitrogens is 1. The summed E-state index contributed by atoms with van der Waals surface area (Å²) in [6, 6.07) is 19.1. The van der Waals surface area contributed by atoms with Crippen molar-refractivity contribution in [2.45, 2.75) is 43.5 Å². The van der Waals surface area contributed by atoms with E-state index in [-0.39, 0.29) is 23.7 Å². The van der Waals surface area contributed by atoms with Gasteiger partial charge in [0.15, 0.2) is 21.3 Å². The van der Waals surface area contributed by atoms with Gasteiger partial charge in [0.05, 0.1) is 12.0 Å². The number of ether oxygens (including phenoxy) is 1. The Hall–Kier alpha value is -3.16. The molecule has 3 aromatic carbocycles. The molecule has 0 spiro atoms. The summed E-state index contributed by atoms with van der Waals surface area (Å²) in [5, 5.41) is 15.0. The van der Waals surface area contributed by atoms with Crippen molar-refractivity contribution in [3.63, 3.8) is 0 Å². The molecule has 0 amide bonds. The van der Waals surface area contributed by atoms with Gasteiger partial charge >= 0.3 is 0 Å². The van der Waals surface area contributed by atoms with Crippen LogP contribution in [-0.2, 0) is 28.2 Å². The van der Waals surface area contributed by atoms with Crippen molar-refractivity contribution in [1.82, 2.24) is 4.57 Å². The fourth-order valence-corrected chi connectivity index (χ4v) is 5.06.